The van der Waals surface area contributed by atoms with E-state index in [1.165, 1.54) is 0 Å². The maximum Gasteiger partial charge on any atom is 0.145 e. The third-order valence-corrected chi connectivity index (χ3v) is 9.43. The number of rotatable bonds is 6. The summed E-state index contributed by atoms with van der Waals surface area (Å²) in [4.78, 5) is 15.9. The fraction of sp³-hybridized carbons (Fsp3) is 0. The summed E-state index contributed by atoms with van der Waals surface area (Å²) >= 11 is 0. The first-order valence-corrected chi connectivity index (χ1v) is 17.1. The first-order chi connectivity index (χ1) is 26.3. The van der Waals surface area contributed by atoms with Crippen LogP contribution >= 0.6 is 9.84 Å². The normalized spacial score (nSPS) is 11.2. The maximum absolute atomic E-state index is 5.67. The van der Waals surface area contributed by atoms with Gasteiger partial charge in [0.25, 0.3) is 0 Å². The molecule has 3 heterocycles. The Morgan fingerprint density at radius 1 is 0.340 bits per heavy atom. The summed E-state index contributed by atoms with van der Waals surface area (Å²) in [5, 5.41) is 0. The molecule has 0 amide bonds. The number of benzene rings is 7. The van der Waals surface area contributed by atoms with Crippen LogP contribution in [0.2, 0.25) is 0 Å². The molecule has 53 heavy (non-hydrogen) atoms. The first-order valence-electron chi connectivity index (χ1n) is 17.6. The molecule has 8 heteroatoms. The SMILES string of the molecule is [3H]P.[BiH2].c1ccc(-n2c(-c3cc(-c4nc5ccccc5n4-c4ccccc4)cc(-c4nc5ccccc5n4-c4ccccc4)c3)nc3ccccc32)cc1. The summed E-state index contributed by atoms with van der Waals surface area (Å²) in [5.41, 5.74) is 11.9. The van der Waals surface area contributed by atoms with Crippen molar-refractivity contribution in [2.45, 2.75) is 0 Å². The van der Waals surface area contributed by atoms with Crippen LogP contribution < -0.4 is 0 Å². The molecule has 3 aromatic heterocycles. The van der Waals surface area contributed by atoms with Crippen molar-refractivity contribution in [1.82, 2.24) is 28.7 Å². The van der Waals surface area contributed by atoms with Crippen molar-refractivity contribution >= 4 is 69.1 Å². The number of nitrogens with zero attached hydrogens (tertiary/aromatic N) is 6. The predicted molar refractivity (Wildman–Crippen MR) is 226 cm³/mol. The van der Waals surface area contributed by atoms with Gasteiger partial charge in [-0.25, -0.2) is 15.0 Å². The zero-order valence-corrected chi connectivity index (χ0v) is 34.3. The first kappa shape index (κ1) is 33.1. The molecule has 255 valence electrons. The van der Waals surface area contributed by atoms with Crippen LogP contribution in [0, 0.1) is 0 Å². The molecule has 10 rings (SSSR count). The fourth-order valence-electron chi connectivity index (χ4n) is 7.19. The molecular formula is C45H35BiN6P. The van der Waals surface area contributed by atoms with E-state index >= 15 is 0 Å². The van der Waals surface area contributed by atoms with E-state index in [9.17, 15) is 0 Å². The molecule has 1 radical (unpaired) electrons. The minimum Gasteiger partial charge on any atom is -0.292 e. The van der Waals surface area contributed by atoms with E-state index in [1.54, 1.807) is 9.84 Å². The monoisotopic (exact) mass is 901 g/mol. The second-order valence-electron chi connectivity index (χ2n) is 12.6. The molecular weight excluding hydrogens is 864 g/mol. The second-order valence-corrected chi connectivity index (χ2v) is 12.6. The van der Waals surface area contributed by atoms with E-state index < -0.39 is 0 Å². The number of para-hydroxylation sites is 9. The third-order valence-electron chi connectivity index (χ3n) is 9.43. The van der Waals surface area contributed by atoms with Crippen molar-refractivity contribution in [2.75, 3.05) is 0 Å². The van der Waals surface area contributed by atoms with Crippen molar-refractivity contribution in [3.63, 3.8) is 0 Å². The Morgan fingerprint density at radius 2 is 0.585 bits per heavy atom. The van der Waals surface area contributed by atoms with Crippen LogP contribution in [0.1, 0.15) is 0 Å². The van der Waals surface area contributed by atoms with Gasteiger partial charge in [-0.1, -0.05) is 91.0 Å². The smallest absolute Gasteiger partial charge is 0.145 e. The minimum atomic E-state index is 0. The molecule has 0 aliphatic rings. The van der Waals surface area contributed by atoms with Gasteiger partial charge < -0.3 is 0 Å². The van der Waals surface area contributed by atoms with Crippen LogP contribution in [0.5, 0.6) is 0 Å². The Bertz CT molecular complexity index is 2540. The van der Waals surface area contributed by atoms with Crippen molar-refractivity contribution in [2.24, 2.45) is 0 Å². The summed E-state index contributed by atoms with van der Waals surface area (Å²) < 4.78 is 12.4. The van der Waals surface area contributed by atoms with Crippen molar-refractivity contribution in [1.29, 1.82) is 1.28 Å². The molecule has 0 aliphatic carbocycles. The molecule has 0 spiro atoms. The number of fused-ring (bicyclic) bond motifs is 3. The number of imidazole rings is 3. The summed E-state index contributed by atoms with van der Waals surface area (Å²) in [6, 6.07) is 63.0. The topological polar surface area (TPSA) is 53.5 Å². The van der Waals surface area contributed by atoms with E-state index in [-0.39, 0.29) is 26.2 Å². The Labute approximate surface area is 330 Å². The van der Waals surface area contributed by atoms with Gasteiger partial charge in [0.15, 0.2) is 0 Å². The Morgan fingerprint density at radius 3 is 0.868 bits per heavy atom. The summed E-state index contributed by atoms with van der Waals surface area (Å²) in [7, 11) is 1.67. The molecule has 6 nitrogen and oxygen atoms in total. The van der Waals surface area contributed by atoms with E-state index in [2.05, 4.69) is 159 Å². The van der Waals surface area contributed by atoms with Crippen LogP contribution in [0.3, 0.4) is 0 Å². The van der Waals surface area contributed by atoms with Gasteiger partial charge in [-0.15, -0.1) is 0 Å². The molecule has 0 aliphatic heterocycles. The number of hydrogen-bond acceptors (Lipinski definition) is 3. The van der Waals surface area contributed by atoms with Gasteiger partial charge in [0.2, 0.25) is 0 Å². The number of hydrogen-bond donors (Lipinski definition) is 0. The number of aromatic nitrogens is 6. The molecule has 10 aromatic rings. The molecule has 0 bridgehead atoms. The van der Waals surface area contributed by atoms with Gasteiger partial charge in [-0.2, -0.15) is 9.84 Å². The fourth-order valence-corrected chi connectivity index (χ4v) is 7.19. The zero-order valence-electron chi connectivity index (χ0n) is 29.7. The molecule has 0 saturated carbocycles. The van der Waals surface area contributed by atoms with Crippen LogP contribution in [0.15, 0.2) is 182 Å². The predicted octanol–water partition coefficient (Wildman–Crippen LogP) is 9.85. The van der Waals surface area contributed by atoms with Crippen molar-refractivity contribution in [3.05, 3.63) is 182 Å². The molecule has 1 atom stereocenters. The van der Waals surface area contributed by atoms with E-state index in [0.29, 0.717) is 0 Å². The molecule has 0 fully saturated rings. The quantitative estimate of drug-likeness (QED) is 0.123. The summed E-state index contributed by atoms with van der Waals surface area (Å²) in [6.45, 7) is 0. The zero-order chi connectivity index (χ0) is 35.7. The maximum atomic E-state index is 5.67. The minimum absolute atomic E-state index is 0. The van der Waals surface area contributed by atoms with Gasteiger partial charge >= 0.3 is 26.2 Å². The molecule has 0 saturated heterocycles. The Hall–Kier alpha value is -5.74. The summed E-state index contributed by atoms with van der Waals surface area (Å²) in [6.07, 6.45) is 0. The average Bonchev–Trinajstić information content (AvgIpc) is 3.95. The van der Waals surface area contributed by atoms with E-state index in [4.69, 9.17) is 16.2 Å². The van der Waals surface area contributed by atoms with Crippen molar-refractivity contribution in [3.8, 4) is 51.2 Å². The summed E-state index contributed by atoms with van der Waals surface area (Å²) in [5.74, 6) is 2.53. The van der Waals surface area contributed by atoms with Gasteiger partial charge in [0.05, 0.1) is 34.4 Å². The van der Waals surface area contributed by atoms with Crippen LogP contribution in [-0.4, -0.2) is 56.1 Å². The Kier molecular flexibility index (Phi) is 8.97. The van der Waals surface area contributed by atoms with Gasteiger partial charge in [-0.3, -0.25) is 13.7 Å². The standard InChI is InChI=1S/C45H30N6.Bi.H3P.2H/c1-4-16-34(17-5-1)49-40-25-13-10-22-37(40)46-43(49)31-28-32(44-47-38-23-11-14-26-41(38)50(44)35-18-6-2-7-19-35)30-33(29-31)45-48-39-24-12-15-27-42(39)51(45)36-20-8-3-9-21-36;;;;/h1-30H;;1H3;;/i;;1T;;. The molecule has 1 unspecified atom stereocenters. The molecule has 7 aromatic carbocycles. The van der Waals surface area contributed by atoms with Gasteiger partial charge in [0.1, 0.15) is 17.5 Å². The van der Waals surface area contributed by atoms with E-state index in [0.717, 1.165) is 84.3 Å². The Balaban J connectivity index is 0.00000136. The third kappa shape index (κ3) is 5.97. The molecule has 0 N–H and O–H groups in total. The van der Waals surface area contributed by atoms with E-state index in [1.807, 2.05) is 36.4 Å². The van der Waals surface area contributed by atoms with Crippen LogP contribution in [-0.2, 0) is 0 Å². The van der Waals surface area contributed by atoms with Crippen LogP contribution in [0.25, 0.3) is 84.3 Å². The van der Waals surface area contributed by atoms with Crippen LogP contribution in [0.4, 0.5) is 0 Å². The van der Waals surface area contributed by atoms with Crippen molar-refractivity contribution < 1.29 is 0 Å². The van der Waals surface area contributed by atoms with Gasteiger partial charge in [0, 0.05) is 33.8 Å². The van der Waals surface area contributed by atoms with Gasteiger partial charge in [-0.05, 0) is 91.0 Å². The largest absolute Gasteiger partial charge is 0.292 e. The second kappa shape index (κ2) is 14.4. The average molecular weight is 902 g/mol.